The zero-order valence-corrected chi connectivity index (χ0v) is 15.9. The van der Waals surface area contributed by atoms with Crippen molar-refractivity contribution in [3.8, 4) is 0 Å². The molecule has 2 amide bonds. The van der Waals surface area contributed by atoms with Gasteiger partial charge < -0.3 is 5.32 Å². The molecule has 0 fully saturated rings. The third-order valence-electron chi connectivity index (χ3n) is 3.61. The Morgan fingerprint density at radius 2 is 1.81 bits per heavy atom. The van der Waals surface area contributed by atoms with E-state index in [1.807, 2.05) is 19.9 Å². The summed E-state index contributed by atoms with van der Waals surface area (Å²) < 4.78 is 0. The topological polar surface area (TPSA) is 70.6 Å². The quantitative estimate of drug-likeness (QED) is 0.578. The summed E-state index contributed by atoms with van der Waals surface area (Å²) in [5.41, 5.74) is 3.50. The van der Waals surface area contributed by atoms with Crippen molar-refractivity contribution in [2.75, 3.05) is 0 Å². The summed E-state index contributed by atoms with van der Waals surface area (Å²) >= 11 is 11.9. The van der Waals surface area contributed by atoms with Gasteiger partial charge in [0.2, 0.25) is 0 Å². The van der Waals surface area contributed by atoms with Gasteiger partial charge in [-0.15, -0.1) is 0 Å². The van der Waals surface area contributed by atoms with Crippen molar-refractivity contribution in [2.45, 2.75) is 19.9 Å². The highest BCUT2D eigenvalue weighted by molar-refractivity contribution is 6.33. The highest BCUT2D eigenvalue weighted by atomic mass is 35.5. The van der Waals surface area contributed by atoms with Crippen LogP contribution in [0.15, 0.2) is 53.6 Å². The van der Waals surface area contributed by atoms with Gasteiger partial charge in [0.15, 0.2) is 0 Å². The van der Waals surface area contributed by atoms with Gasteiger partial charge in [0, 0.05) is 21.2 Å². The molecule has 2 aromatic carbocycles. The second-order valence-corrected chi connectivity index (χ2v) is 6.80. The van der Waals surface area contributed by atoms with E-state index in [-0.39, 0.29) is 11.8 Å². The predicted molar refractivity (Wildman–Crippen MR) is 105 cm³/mol. The lowest BCUT2D eigenvalue weighted by Gasteiger charge is -2.20. The molecule has 136 valence electrons. The van der Waals surface area contributed by atoms with Crippen molar-refractivity contribution in [1.29, 1.82) is 0 Å². The molecule has 0 saturated heterocycles. The molecule has 1 atom stereocenters. The normalized spacial score (nSPS) is 12.2. The van der Waals surface area contributed by atoms with Crippen LogP contribution < -0.4 is 10.7 Å². The van der Waals surface area contributed by atoms with Crippen molar-refractivity contribution in [1.82, 2.24) is 10.7 Å². The number of nitrogens with zero attached hydrogens (tertiary/aromatic N) is 1. The largest absolute Gasteiger partial charge is 0.340 e. The molecule has 2 rings (SSSR count). The summed E-state index contributed by atoms with van der Waals surface area (Å²) in [6.45, 7) is 3.67. The fourth-order valence-corrected chi connectivity index (χ4v) is 2.58. The Hall–Kier alpha value is -2.37. The van der Waals surface area contributed by atoms with Crippen LogP contribution in [-0.4, -0.2) is 24.1 Å². The van der Waals surface area contributed by atoms with E-state index < -0.39 is 11.9 Å². The SMILES string of the molecule is CC(C)C(NC(=O)c1cccc(Cl)c1)C(=O)NN=Cc1ccccc1Cl. The molecule has 0 aliphatic heterocycles. The maximum Gasteiger partial charge on any atom is 0.262 e. The Kier molecular flexibility index (Phi) is 7.18. The molecule has 0 aliphatic rings. The van der Waals surface area contributed by atoms with Gasteiger partial charge in [-0.25, -0.2) is 5.43 Å². The smallest absolute Gasteiger partial charge is 0.262 e. The average molecular weight is 392 g/mol. The fraction of sp³-hybridized carbons (Fsp3) is 0.211. The maximum atomic E-state index is 12.4. The predicted octanol–water partition coefficient (Wildman–Crippen LogP) is 3.90. The third-order valence-corrected chi connectivity index (χ3v) is 4.19. The van der Waals surface area contributed by atoms with Gasteiger partial charge >= 0.3 is 0 Å². The number of hydrogen-bond acceptors (Lipinski definition) is 3. The minimum Gasteiger partial charge on any atom is -0.340 e. The van der Waals surface area contributed by atoms with Crippen molar-refractivity contribution >= 4 is 41.2 Å². The molecule has 0 aromatic heterocycles. The van der Waals surface area contributed by atoms with E-state index in [9.17, 15) is 9.59 Å². The number of rotatable bonds is 6. The Bertz CT molecular complexity index is 822. The number of hydrogen-bond donors (Lipinski definition) is 2. The minimum atomic E-state index is -0.745. The summed E-state index contributed by atoms with van der Waals surface area (Å²) in [6.07, 6.45) is 1.45. The van der Waals surface area contributed by atoms with E-state index in [2.05, 4.69) is 15.8 Å². The highest BCUT2D eigenvalue weighted by Crippen LogP contribution is 2.13. The molecule has 2 aromatic rings. The lowest BCUT2D eigenvalue weighted by molar-refractivity contribution is -0.123. The molecule has 7 heteroatoms. The van der Waals surface area contributed by atoms with Gasteiger partial charge in [0.25, 0.3) is 11.8 Å². The minimum absolute atomic E-state index is 0.131. The average Bonchev–Trinajstić information content (AvgIpc) is 2.60. The van der Waals surface area contributed by atoms with E-state index in [4.69, 9.17) is 23.2 Å². The van der Waals surface area contributed by atoms with Gasteiger partial charge in [-0.3, -0.25) is 9.59 Å². The summed E-state index contributed by atoms with van der Waals surface area (Å²) in [5, 5.41) is 7.61. The molecule has 2 N–H and O–H groups in total. The van der Waals surface area contributed by atoms with Crippen LogP contribution in [0.25, 0.3) is 0 Å². The van der Waals surface area contributed by atoms with Gasteiger partial charge in [0.05, 0.1) is 6.21 Å². The number of nitrogens with one attached hydrogen (secondary N) is 2. The number of benzene rings is 2. The Morgan fingerprint density at radius 1 is 1.08 bits per heavy atom. The molecular formula is C19H19Cl2N3O2. The Morgan fingerprint density at radius 3 is 2.46 bits per heavy atom. The zero-order chi connectivity index (χ0) is 19.1. The number of halogens is 2. The van der Waals surface area contributed by atoms with E-state index >= 15 is 0 Å². The van der Waals surface area contributed by atoms with Crippen LogP contribution in [0.5, 0.6) is 0 Å². The first-order valence-corrected chi connectivity index (χ1v) is 8.78. The molecule has 0 aliphatic carbocycles. The lowest BCUT2D eigenvalue weighted by Crippen LogP contribution is -2.48. The van der Waals surface area contributed by atoms with E-state index in [0.29, 0.717) is 21.2 Å². The monoisotopic (exact) mass is 391 g/mol. The molecule has 0 spiro atoms. The third kappa shape index (κ3) is 5.58. The number of amides is 2. The summed E-state index contributed by atoms with van der Waals surface area (Å²) in [4.78, 5) is 24.7. The number of carbonyl (C=O) groups excluding carboxylic acids is 2. The fourth-order valence-electron chi connectivity index (χ4n) is 2.20. The highest BCUT2D eigenvalue weighted by Gasteiger charge is 2.24. The Balaban J connectivity index is 2.03. The van der Waals surface area contributed by atoms with Crippen LogP contribution in [-0.2, 0) is 4.79 Å². The number of hydrazone groups is 1. The first kappa shape index (κ1) is 19.9. The molecule has 0 bridgehead atoms. The van der Waals surface area contributed by atoms with Crippen molar-refractivity contribution in [3.63, 3.8) is 0 Å². The van der Waals surface area contributed by atoms with Crippen LogP contribution in [0.4, 0.5) is 0 Å². The Labute approximate surface area is 162 Å². The maximum absolute atomic E-state index is 12.4. The second kappa shape index (κ2) is 9.36. The van der Waals surface area contributed by atoms with Gasteiger partial charge in [-0.1, -0.05) is 61.3 Å². The molecule has 0 saturated carbocycles. The molecular weight excluding hydrogens is 373 g/mol. The molecule has 0 heterocycles. The van der Waals surface area contributed by atoms with Crippen LogP contribution >= 0.6 is 23.2 Å². The van der Waals surface area contributed by atoms with Crippen LogP contribution in [0, 0.1) is 5.92 Å². The molecule has 1 unspecified atom stereocenters. The number of carbonyl (C=O) groups is 2. The van der Waals surface area contributed by atoms with Crippen LogP contribution in [0.1, 0.15) is 29.8 Å². The van der Waals surface area contributed by atoms with Crippen molar-refractivity contribution in [2.24, 2.45) is 11.0 Å². The summed E-state index contributed by atoms with van der Waals surface area (Å²) in [6, 6.07) is 12.9. The lowest BCUT2D eigenvalue weighted by atomic mass is 10.0. The van der Waals surface area contributed by atoms with Crippen molar-refractivity contribution < 1.29 is 9.59 Å². The van der Waals surface area contributed by atoms with Crippen LogP contribution in [0.2, 0.25) is 10.0 Å². The molecule has 5 nitrogen and oxygen atoms in total. The van der Waals surface area contributed by atoms with Crippen LogP contribution in [0.3, 0.4) is 0 Å². The van der Waals surface area contributed by atoms with E-state index in [1.165, 1.54) is 6.21 Å². The first-order chi connectivity index (χ1) is 12.4. The summed E-state index contributed by atoms with van der Waals surface area (Å²) in [5.74, 6) is -0.927. The molecule has 26 heavy (non-hydrogen) atoms. The second-order valence-electron chi connectivity index (χ2n) is 5.96. The standard InChI is InChI=1S/C19H19Cl2N3O2/c1-12(2)17(23-18(25)13-7-5-8-15(20)10-13)19(26)24-22-11-14-6-3-4-9-16(14)21/h3-12,17H,1-2H3,(H,23,25)(H,24,26). The van der Waals surface area contributed by atoms with Gasteiger partial charge in [-0.2, -0.15) is 5.10 Å². The summed E-state index contributed by atoms with van der Waals surface area (Å²) in [7, 11) is 0. The van der Waals surface area contributed by atoms with Gasteiger partial charge in [0.1, 0.15) is 6.04 Å². The zero-order valence-electron chi connectivity index (χ0n) is 14.4. The van der Waals surface area contributed by atoms with Gasteiger partial charge in [-0.05, 0) is 30.2 Å². The van der Waals surface area contributed by atoms with E-state index in [0.717, 1.165) is 0 Å². The first-order valence-electron chi connectivity index (χ1n) is 8.02. The van der Waals surface area contributed by atoms with Crippen molar-refractivity contribution in [3.05, 3.63) is 69.7 Å². The molecule has 0 radical (unpaired) electrons. The van der Waals surface area contributed by atoms with E-state index in [1.54, 1.807) is 42.5 Å².